The first-order valence-electron chi connectivity index (χ1n) is 6.20. The third-order valence-corrected chi connectivity index (χ3v) is 5.82. The highest BCUT2D eigenvalue weighted by Gasteiger charge is 2.33. The third kappa shape index (κ3) is 2.51. The van der Waals surface area contributed by atoms with Gasteiger partial charge in [0.15, 0.2) is 11.6 Å². The van der Waals surface area contributed by atoms with Crippen LogP contribution in [0.5, 0.6) is 11.5 Å². The summed E-state index contributed by atoms with van der Waals surface area (Å²) in [4.78, 5) is 0.189. The molecule has 116 valence electrons. The highest BCUT2D eigenvalue weighted by molar-refractivity contribution is 9.10. The predicted molar refractivity (Wildman–Crippen MR) is 79.2 cm³/mol. The van der Waals surface area contributed by atoms with Gasteiger partial charge in [0.05, 0.1) is 9.37 Å². The van der Waals surface area contributed by atoms with Crippen molar-refractivity contribution in [3.63, 3.8) is 0 Å². The number of hydrogen-bond donors (Lipinski definition) is 0. The number of hydrogen-bond acceptors (Lipinski definition) is 3. The second kappa shape index (κ2) is 5.29. The average Bonchev–Trinajstić information content (AvgIpc) is 2.64. The number of sulfonamides is 1. The standard InChI is InChI=1S/C14H10BrF2NO3S/c1-18-7-8-4-13(10(15)6-14(8)22(18,19)20)21-12-3-2-9(16)5-11(12)17/h2-6H,7H2,1H3. The first-order valence-corrected chi connectivity index (χ1v) is 8.44. The van der Waals surface area contributed by atoms with E-state index in [2.05, 4.69) is 15.9 Å². The van der Waals surface area contributed by atoms with Crippen molar-refractivity contribution in [2.24, 2.45) is 0 Å². The lowest BCUT2D eigenvalue weighted by atomic mass is 10.2. The van der Waals surface area contributed by atoms with E-state index in [1.807, 2.05) is 0 Å². The van der Waals surface area contributed by atoms with E-state index in [1.54, 1.807) is 0 Å². The molecule has 1 heterocycles. The van der Waals surface area contributed by atoms with Gasteiger partial charge in [-0.25, -0.2) is 17.2 Å². The second-order valence-corrected chi connectivity index (χ2v) is 7.70. The van der Waals surface area contributed by atoms with Crippen LogP contribution in [0.25, 0.3) is 0 Å². The van der Waals surface area contributed by atoms with Gasteiger partial charge < -0.3 is 4.74 Å². The molecule has 3 rings (SSSR count). The zero-order valence-electron chi connectivity index (χ0n) is 11.3. The van der Waals surface area contributed by atoms with E-state index in [-0.39, 0.29) is 22.9 Å². The van der Waals surface area contributed by atoms with Gasteiger partial charge in [0.2, 0.25) is 10.0 Å². The molecule has 0 unspecified atom stereocenters. The van der Waals surface area contributed by atoms with Crippen LogP contribution in [-0.4, -0.2) is 19.8 Å². The molecule has 0 spiro atoms. The fourth-order valence-electron chi connectivity index (χ4n) is 2.19. The summed E-state index contributed by atoms with van der Waals surface area (Å²) >= 11 is 3.21. The molecular weight excluding hydrogens is 380 g/mol. The number of nitrogens with zero attached hydrogens (tertiary/aromatic N) is 1. The van der Waals surface area contributed by atoms with Gasteiger partial charge in [-0.15, -0.1) is 0 Å². The second-order valence-electron chi connectivity index (χ2n) is 4.83. The SMILES string of the molecule is CN1Cc2cc(Oc3ccc(F)cc3F)c(Br)cc2S1(=O)=O. The van der Waals surface area contributed by atoms with E-state index < -0.39 is 21.7 Å². The summed E-state index contributed by atoms with van der Waals surface area (Å²) in [5, 5.41) is 0. The summed E-state index contributed by atoms with van der Waals surface area (Å²) in [6, 6.07) is 5.92. The molecule has 4 nitrogen and oxygen atoms in total. The molecule has 0 atom stereocenters. The van der Waals surface area contributed by atoms with Crippen LogP contribution in [0.4, 0.5) is 8.78 Å². The van der Waals surface area contributed by atoms with Crippen LogP contribution >= 0.6 is 15.9 Å². The third-order valence-electron chi connectivity index (χ3n) is 3.31. The molecule has 0 amide bonds. The molecule has 0 aliphatic carbocycles. The maximum absolute atomic E-state index is 13.6. The van der Waals surface area contributed by atoms with E-state index in [0.29, 0.717) is 10.0 Å². The zero-order chi connectivity index (χ0) is 16.1. The minimum atomic E-state index is -3.49. The molecule has 0 saturated heterocycles. The van der Waals surface area contributed by atoms with Crippen LogP contribution in [-0.2, 0) is 16.6 Å². The van der Waals surface area contributed by atoms with E-state index in [0.717, 1.165) is 12.1 Å². The van der Waals surface area contributed by atoms with E-state index >= 15 is 0 Å². The Morgan fingerprint density at radius 3 is 2.59 bits per heavy atom. The molecule has 0 radical (unpaired) electrons. The highest BCUT2D eigenvalue weighted by Crippen LogP contribution is 2.39. The lowest BCUT2D eigenvalue weighted by molar-refractivity contribution is 0.434. The highest BCUT2D eigenvalue weighted by atomic mass is 79.9. The molecule has 22 heavy (non-hydrogen) atoms. The van der Waals surface area contributed by atoms with Crippen LogP contribution < -0.4 is 4.74 Å². The van der Waals surface area contributed by atoms with E-state index in [9.17, 15) is 17.2 Å². The number of benzene rings is 2. The molecular formula is C14H10BrF2NO3S. The van der Waals surface area contributed by atoms with Crippen molar-refractivity contribution in [3.05, 3.63) is 52.0 Å². The minimum Gasteiger partial charge on any atom is -0.453 e. The minimum absolute atomic E-state index is 0.142. The number of halogens is 3. The fourth-order valence-corrected chi connectivity index (χ4v) is 4.13. The summed E-state index contributed by atoms with van der Waals surface area (Å²) in [6.07, 6.45) is 0. The Bertz CT molecular complexity index is 871. The van der Waals surface area contributed by atoms with Crippen LogP contribution in [0.3, 0.4) is 0 Å². The van der Waals surface area contributed by atoms with Crippen molar-refractivity contribution in [2.45, 2.75) is 11.4 Å². The van der Waals surface area contributed by atoms with Gasteiger partial charge in [-0.05, 0) is 45.8 Å². The molecule has 8 heteroatoms. The number of rotatable bonds is 2. The van der Waals surface area contributed by atoms with Crippen molar-refractivity contribution in [3.8, 4) is 11.5 Å². The molecule has 0 fully saturated rings. The Morgan fingerprint density at radius 2 is 1.91 bits per heavy atom. The molecule has 2 aromatic rings. The summed E-state index contributed by atoms with van der Waals surface area (Å²) < 4.78 is 57.7. The summed E-state index contributed by atoms with van der Waals surface area (Å²) in [7, 11) is -2.01. The zero-order valence-corrected chi connectivity index (χ0v) is 13.7. The maximum atomic E-state index is 13.6. The van der Waals surface area contributed by atoms with Crippen LogP contribution in [0.1, 0.15) is 5.56 Å². The molecule has 0 aromatic heterocycles. The van der Waals surface area contributed by atoms with E-state index in [4.69, 9.17) is 4.74 Å². The smallest absolute Gasteiger partial charge is 0.243 e. The van der Waals surface area contributed by atoms with Gasteiger partial charge in [0.25, 0.3) is 0 Å². The first-order chi connectivity index (χ1) is 10.3. The summed E-state index contributed by atoms with van der Waals surface area (Å²) in [6.45, 7) is 0.215. The van der Waals surface area contributed by atoms with Gasteiger partial charge in [-0.1, -0.05) is 0 Å². The van der Waals surface area contributed by atoms with Crippen molar-refractivity contribution < 1.29 is 21.9 Å². The number of ether oxygens (including phenoxy) is 1. The molecule has 2 aromatic carbocycles. The van der Waals surface area contributed by atoms with E-state index in [1.165, 1.54) is 29.6 Å². The van der Waals surface area contributed by atoms with Gasteiger partial charge in [0.1, 0.15) is 11.6 Å². The molecule has 1 aliphatic heterocycles. The number of fused-ring (bicyclic) bond motifs is 1. The van der Waals surface area contributed by atoms with Crippen molar-refractivity contribution in [1.29, 1.82) is 0 Å². The quantitative estimate of drug-likeness (QED) is 0.787. The van der Waals surface area contributed by atoms with Crippen LogP contribution in [0.2, 0.25) is 0 Å². The Labute approximate surface area is 134 Å². The van der Waals surface area contributed by atoms with Gasteiger partial charge >= 0.3 is 0 Å². The fraction of sp³-hybridized carbons (Fsp3) is 0.143. The van der Waals surface area contributed by atoms with Gasteiger partial charge in [-0.2, -0.15) is 4.31 Å². The largest absolute Gasteiger partial charge is 0.453 e. The van der Waals surface area contributed by atoms with Gasteiger partial charge in [-0.3, -0.25) is 0 Å². The first kappa shape index (κ1) is 15.4. The summed E-state index contributed by atoms with van der Waals surface area (Å²) in [5.74, 6) is -1.42. The lowest BCUT2D eigenvalue weighted by Crippen LogP contribution is -2.18. The van der Waals surface area contributed by atoms with Gasteiger partial charge in [0, 0.05) is 19.7 Å². The Balaban J connectivity index is 2.02. The normalized spacial score (nSPS) is 16.5. The Hall–Kier alpha value is -1.51. The monoisotopic (exact) mass is 389 g/mol. The lowest BCUT2D eigenvalue weighted by Gasteiger charge is -2.10. The van der Waals surface area contributed by atoms with Crippen molar-refractivity contribution >= 4 is 26.0 Å². The predicted octanol–water partition coefficient (Wildman–Crippen LogP) is 3.65. The van der Waals surface area contributed by atoms with Crippen molar-refractivity contribution in [1.82, 2.24) is 4.31 Å². The maximum Gasteiger partial charge on any atom is 0.243 e. The summed E-state index contributed by atoms with van der Waals surface area (Å²) in [5.41, 5.74) is 0.559. The average molecular weight is 390 g/mol. The molecule has 0 N–H and O–H groups in total. The molecule has 0 bridgehead atoms. The Morgan fingerprint density at radius 1 is 1.18 bits per heavy atom. The topological polar surface area (TPSA) is 46.6 Å². The van der Waals surface area contributed by atoms with Crippen molar-refractivity contribution in [2.75, 3.05) is 7.05 Å². The Kier molecular flexibility index (Phi) is 3.70. The van der Waals surface area contributed by atoms with Crippen LogP contribution in [0, 0.1) is 11.6 Å². The molecule has 0 saturated carbocycles. The molecule has 1 aliphatic rings. The van der Waals surface area contributed by atoms with Crippen LogP contribution in [0.15, 0.2) is 39.7 Å².